The molecule has 0 spiro atoms. The Hall–Kier alpha value is -2.93. The van der Waals surface area contributed by atoms with E-state index in [9.17, 15) is 9.59 Å². The van der Waals surface area contributed by atoms with Gasteiger partial charge in [-0.2, -0.15) is 0 Å². The summed E-state index contributed by atoms with van der Waals surface area (Å²) in [7, 11) is 0. The van der Waals surface area contributed by atoms with E-state index in [2.05, 4.69) is 5.32 Å². The van der Waals surface area contributed by atoms with Crippen LogP contribution < -0.4 is 5.32 Å². The average Bonchev–Trinajstić information content (AvgIpc) is 3.10. The van der Waals surface area contributed by atoms with E-state index in [1.165, 1.54) is 11.8 Å². The molecule has 31 heavy (non-hydrogen) atoms. The number of amides is 2. The summed E-state index contributed by atoms with van der Waals surface area (Å²) in [6.07, 6.45) is 2.18. The molecule has 1 N–H and O–H groups in total. The van der Waals surface area contributed by atoms with Gasteiger partial charge in [0.2, 0.25) is 5.91 Å². The highest BCUT2D eigenvalue weighted by atomic mass is 32.2. The summed E-state index contributed by atoms with van der Waals surface area (Å²) in [5.74, 6) is 0.482. The summed E-state index contributed by atoms with van der Waals surface area (Å²) in [4.78, 5) is 37.3. The Balaban J connectivity index is 1.62. The van der Waals surface area contributed by atoms with Gasteiger partial charge < -0.3 is 5.32 Å². The maximum Gasteiger partial charge on any atom is 0.259 e. The topological polar surface area (TPSA) is 74.1 Å². The minimum atomic E-state index is -0.391. The highest BCUT2D eigenvalue weighted by molar-refractivity contribution is 8.15. The van der Waals surface area contributed by atoms with E-state index in [-0.39, 0.29) is 17.1 Å². The van der Waals surface area contributed by atoms with Gasteiger partial charge in [0.15, 0.2) is 5.17 Å². The van der Waals surface area contributed by atoms with Gasteiger partial charge in [0, 0.05) is 11.3 Å². The predicted molar refractivity (Wildman–Crippen MR) is 127 cm³/mol. The fourth-order valence-corrected chi connectivity index (χ4v) is 4.74. The molecule has 2 aliphatic rings. The lowest BCUT2D eigenvalue weighted by atomic mass is 10.1. The SMILES string of the molecule is CCC[C@@H]1N=C2c3ccccc3N=C(S[C@H](CC)C(=O)Nc3ccccc3C)N2C1=O. The molecule has 160 valence electrons. The highest BCUT2D eigenvalue weighted by Crippen LogP contribution is 2.36. The first-order valence-corrected chi connectivity index (χ1v) is 11.5. The number of carbonyl (C=O) groups excluding carboxylic acids is 2. The molecule has 6 nitrogen and oxygen atoms in total. The first kappa shape index (κ1) is 21.3. The zero-order valence-corrected chi connectivity index (χ0v) is 18.8. The molecule has 0 saturated carbocycles. The number of anilines is 1. The summed E-state index contributed by atoms with van der Waals surface area (Å²) in [6.45, 7) is 5.98. The van der Waals surface area contributed by atoms with Crippen molar-refractivity contribution in [2.45, 2.75) is 51.3 Å². The second kappa shape index (κ2) is 9.06. The summed E-state index contributed by atoms with van der Waals surface area (Å²) >= 11 is 1.32. The number of nitrogens with zero attached hydrogens (tertiary/aromatic N) is 3. The number of benzene rings is 2. The van der Waals surface area contributed by atoms with Crippen molar-refractivity contribution in [2.24, 2.45) is 9.98 Å². The second-order valence-electron chi connectivity index (χ2n) is 7.66. The van der Waals surface area contributed by atoms with Crippen LogP contribution in [0.4, 0.5) is 11.4 Å². The molecule has 2 aliphatic heterocycles. The minimum absolute atomic E-state index is 0.0632. The Kier molecular flexibility index (Phi) is 6.23. The van der Waals surface area contributed by atoms with Crippen LogP contribution in [0.25, 0.3) is 0 Å². The van der Waals surface area contributed by atoms with Gasteiger partial charge in [0.05, 0.1) is 10.9 Å². The van der Waals surface area contributed by atoms with Crippen molar-refractivity contribution in [3.63, 3.8) is 0 Å². The summed E-state index contributed by atoms with van der Waals surface area (Å²) in [5.41, 5.74) is 3.44. The first-order chi connectivity index (χ1) is 15.0. The normalized spacial score (nSPS) is 18.1. The quantitative estimate of drug-likeness (QED) is 0.702. The van der Waals surface area contributed by atoms with E-state index in [0.717, 1.165) is 28.9 Å². The van der Waals surface area contributed by atoms with Crippen molar-refractivity contribution in [2.75, 3.05) is 5.32 Å². The number of nitrogens with one attached hydrogen (secondary N) is 1. The largest absolute Gasteiger partial charge is 0.325 e. The van der Waals surface area contributed by atoms with Crippen molar-refractivity contribution in [1.82, 2.24) is 4.90 Å². The highest BCUT2D eigenvalue weighted by Gasteiger charge is 2.42. The van der Waals surface area contributed by atoms with Crippen LogP contribution in [0.1, 0.15) is 44.2 Å². The zero-order chi connectivity index (χ0) is 22.0. The van der Waals surface area contributed by atoms with Gasteiger partial charge >= 0.3 is 0 Å². The molecule has 0 unspecified atom stereocenters. The third-order valence-corrected chi connectivity index (χ3v) is 6.74. The van der Waals surface area contributed by atoms with Crippen LogP contribution in [0.15, 0.2) is 58.5 Å². The molecule has 2 aromatic rings. The van der Waals surface area contributed by atoms with Crippen LogP contribution in [0.5, 0.6) is 0 Å². The molecule has 0 saturated heterocycles. The van der Waals surface area contributed by atoms with Gasteiger partial charge in [0.1, 0.15) is 11.9 Å². The maximum atomic E-state index is 13.1. The van der Waals surface area contributed by atoms with Gasteiger partial charge in [-0.25, -0.2) is 9.89 Å². The number of aryl methyl sites for hydroxylation is 1. The van der Waals surface area contributed by atoms with E-state index in [4.69, 9.17) is 9.98 Å². The van der Waals surface area contributed by atoms with Gasteiger partial charge in [-0.15, -0.1) is 0 Å². The molecule has 0 aliphatic carbocycles. The van der Waals surface area contributed by atoms with Crippen molar-refractivity contribution in [1.29, 1.82) is 0 Å². The Morgan fingerprint density at radius 2 is 1.90 bits per heavy atom. The Labute approximate surface area is 186 Å². The van der Waals surface area contributed by atoms with Crippen LogP contribution in [0.2, 0.25) is 0 Å². The van der Waals surface area contributed by atoms with Crippen LogP contribution in [0.3, 0.4) is 0 Å². The van der Waals surface area contributed by atoms with Crippen LogP contribution in [-0.2, 0) is 9.59 Å². The first-order valence-electron chi connectivity index (χ1n) is 10.7. The standard InChI is InChI=1S/C24H26N4O2S/c1-4-10-19-23(30)28-21(25-19)16-12-7-9-14-18(16)27-24(28)31-20(5-2)22(29)26-17-13-8-6-11-15(17)3/h6-9,11-14,19-20H,4-5,10H2,1-3H3,(H,26,29)/t19-,20+/m0/s1. The Morgan fingerprint density at radius 1 is 1.16 bits per heavy atom. The lowest BCUT2D eigenvalue weighted by Crippen LogP contribution is -2.42. The molecule has 2 heterocycles. The van der Waals surface area contributed by atoms with E-state index in [1.54, 1.807) is 4.90 Å². The second-order valence-corrected chi connectivity index (χ2v) is 8.83. The molecule has 0 aromatic heterocycles. The van der Waals surface area contributed by atoms with Gasteiger partial charge in [-0.3, -0.25) is 14.6 Å². The Morgan fingerprint density at radius 3 is 2.65 bits per heavy atom. The zero-order valence-electron chi connectivity index (χ0n) is 18.0. The summed E-state index contributed by atoms with van der Waals surface area (Å²) in [6, 6.07) is 15.0. The molecule has 4 rings (SSSR count). The Bertz CT molecular complexity index is 1080. The van der Waals surface area contributed by atoms with Crippen LogP contribution in [-0.4, -0.2) is 39.0 Å². The number of carbonyl (C=O) groups is 2. The molecular weight excluding hydrogens is 408 g/mol. The number of fused-ring (bicyclic) bond motifs is 3. The number of para-hydroxylation sites is 2. The van der Waals surface area contributed by atoms with Crippen LogP contribution >= 0.6 is 11.8 Å². The minimum Gasteiger partial charge on any atom is -0.325 e. The third kappa shape index (κ3) is 4.14. The lowest BCUT2D eigenvalue weighted by molar-refractivity contribution is -0.124. The average molecular weight is 435 g/mol. The van der Waals surface area contributed by atoms with E-state index < -0.39 is 6.04 Å². The van der Waals surface area contributed by atoms with Crippen molar-refractivity contribution in [3.05, 3.63) is 59.7 Å². The van der Waals surface area contributed by atoms with Gasteiger partial charge in [-0.05, 0) is 43.5 Å². The molecule has 0 bridgehead atoms. The fraction of sp³-hybridized carbons (Fsp3) is 0.333. The van der Waals surface area contributed by atoms with Crippen molar-refractivity contribution < 1.29 is 9.59 Å². The fourth-order valence-electron chi connectivity index (χ4n) is 3.72. The molecule has 0 fully saturated rings. The maximum absolute atomic E-state index is 13.1. The molecule has 2 atom stereocenters. The smallest absolute Gasteiger partial charge is 0.259 e. The van der Waals surface area contributed by atoms with E-state index >= 15 is 0 Å². The number of aliphatic imine (C=N–C) groups is 2. The molecule has 2 aromatic carbocycles. The monoisotopic (exact) mass is 434 g/mol. The van der Waals surface area contributed by atoms with Gasteiger partial charge in [-0.1, -0.05) is 62.4 Å². The van der Waals surface area contributed by atoms with Crippen molar-refractivity contribution in [3.8, 4) is 0 Å². The summed E-state index contributed by atoms with van der Waals surface area (Å²) < 4.78 is 0. The lowest BCUT2D eigenvalue weighted by Gasteiger charge is -2.27. The van der Waals surface area contributed by atoms with Crippen LogP contribution in [0, 0.1) is 6.92 Å². The number of thioether (sulfide) groups is 1. The predicted octanol–water partition coefficient (Wildman–Crippen LogP) is 4.90. The number of amidine groups is 2. The molecule has 7 heteroatoms. The third-order valence-electron chi connectivity index (χ3n) is 5.42. The number of hydrogen-bond donors (Lipinski definition) is 1. The van der Waals surface area contributed by atoms with Gasteiger partial charge in [0.25, 0.3) is 5.91 Å². The van der Waals surface area contributed by atoms with Crippen molar-refractivity contribution >= 4 is 46.0 Å². The van der Waals surface area contributed by atoms with E-state index in [0.29, 0.717) is 23.8 Å². The number of hydrogen-bond acceptors (Lipinski definition) is 5. The van der Waals surface area contributed by atoms with E-state index in [1.807, 2.05) is 69.3 Å². The number of rotatable bonds is 6. The molecular formula is C24H26N4O2S. The summed E-state index contributed by atoms with van der Waals surface area (Å²) in [5, 5.41) is 3.16. The molecule has 0 radical (unpaired) electrons. The molecule has 2 amide bonds.